The van der Waals surface area contributed by atoms with Crippen LogP contribution in [0.4, 0.5) is 24.1 Å². The molecule has 0 aliphatic carbocycles. The molecule has 38 heavy (non-hydrogen) atoms. The van der Waals surface area contributed by atoms with Crippen LogP contribution in [0.25, 0.3) is 5.65 Å². The number of imidazole rings is 1. The quantitative estimate of drug-likeness (QED) is 0.309. The Morgan fingerprint density at radius 2 is 1.92 bits per heavy atom. The second-order valence-corrected chi connectivity index (χ2v) is 9.81. The van der Waals surface area contributed by atoms with E-state index in [0.717, 1.165) is 5.82 Å². The molecule has 200 valence electrons. The molecule has 0 spiro atoms. The van der Waals surface area contributed by atoms with Gasteiger partial charge in [0, 0.05) is 40.3 Å². The lowest BCUT2D eigenvalue weighted by molar-refractivity contribution is -0.138. The van der Waals surface area contributed by atoms with E-state index in [1.54, 1.807) is 29.0 Å². The first-order valence-corrected chi connectivity index (χ1v) is 12.8. The van der Waals surface area contributed by atoms with Crippen LogP contribution in [0.3, 0.4) is 0 Å². The minimum absolute atomic E-state index is 0.198. The van der Waals surface area contributed by atoms with Crippen molar-refractivity contribution < 1.29 is 13.2 Å². The average Bonchev–Trinajstić information content (AvgIpc) is 3.52. The molecule has 4 aromatic rings. The molecular formula is C26H29F3N8S. The molecular weight excluding hydrogens is 513 g/mol. The van der Waals surface area contributed by atoms with Crippen LogP contribution in [0.5, 0.6) is 0 Å². The van der Waals surface area contributed by atoms with Crippen molar-refractivity contribution in [1.29, 1.82) is 0 Å². The van der Waals surface area contributed by atoms with Crippen molar-refractivity contribution in [2.45, 2.75) is 26.2 Å². The zero-order chi connectivity index (χ0) is 27.3. The van der Waals surface area contributed by atoms with Gasteiger partial charge in [0.25, 0.3) is 0 Å². The van der Waals surface area contributed by atoms with Crippen LogP contribution < -0.4 is 16.0 Å². The zero-order valence-electron chi connectivity index (χ0n) is 21.4. The molecule has 0 amide bonds. The number of nitrogens with one attached hydrogen (secondary N) is 1. The first-order valence-electron chi connectivity index (χ1n) is 12.0. The van der Waals surface area contributed by atoms with Crippen molar-refractivity contribution in [2.24, 2.45) is 5.73 Å². The Balaban J connectivity index is 1.46. The van der Waals surface area contributed by atoms with Crippen molar-refractivity contribution in [2.75, 3.05) is 43.9 Å². The first-order chi connectivity index (χ1) is 18.2. The Morgan fingerprint density at radius 1 is 1.11 bits per heavy atom. The van der Waals surface area contributed by atoms with Gasteiger partial charge in [-0.15, -0.1) is 5.10 Å². The number of anilines is 2. The molecule has 3 heterocycles. The minimum Gasteiger partial charge on any atom is -0.361 e. The number of benzene rings is 1. The van der Waals surface area contributed by atoms with Crippen molar-refractivity contribution in [3.8, 4) is 11.8 Å². The predicted octanol–water partition coefficient (Wildman–Crippen LogP) is 4.06. The lowest BCUT2D eigenvalue weighted by Gasteiger charge is -2.22. The van der Waals surface area contributed by atoms with E-state index >= 15 is 0 Å². The SMILES string of the molecule is CCN(CCN)Cc1ccc(CNc2ncc(C#Cc3cnc4ccc(N(C)C)nn34)s2)cc1C(F)(F)F. The third-order valence-corrected chi connectivity index (χ3v) is 6.71. The number of fused-ring (bicyclic) bond motifs is 1. The summed E-state index contributed by atoms with van der Waals surface area (Å²) < 4.78 is 43.1. The molecule has 4 rings (SSSR count). The fourth-order valence-electron chi connectivity index (χ4n) is 3.81. The summed E-state index contributed by atoms with van der Waals surface area (Å²) in [6.07, 6.45) is -1.16. The summed E-state index contributed by atoms with van der Waals surface area (Å²) in [5.41, 5.74) is 7.05. The monoisotopic (exact) mass is 542 g/mol. The number of aromatic nitrogens is 4. The highest BCUT2D eigenvalue weighted by atomic mass is 32.1. The first kappa shape index (κ1) is 27.4. The number of hydrogen-bond donors (Lipinski definition) is 2. The summed E-state index contributed by atoms with van der Waals surface area (Å²) in [6, 6.07) is 8.21. The van der Waals surface area contributed by atoms with E-state index in [2.05, 4.69) is 32.2 Å². The van der Waals surface area contributed by atoms with Crippen LogP contribution in [0, 0.1) is 11.8 Å². The summed E-state index contributed by atoms with van der Waals surface area (Å²) >= 11 is 1.32. The van der Waals surface area contributed by atoms with Crippen LogP contribution in [0.2, 0.25) is 0 Å². The van der Waals surface area contributed by atoms with Gasteiger partial charge in [-0.3, -0.25) is 4.90 Å². The lowest BCUT2D eigenvalue weighted by Crippen LogP contribution is -2.29. The van der Waals surface area contributed by atoms with Gasteiger partial charge in [-0.2, -0.15) is 13.2 Å². The van der Waals surface area contributed by atoms with Gasteiger partial charge >= 0.3 is 6.18 Å². The molecule has 0 radical (unpaired) electrons. The molecule has 3 N–H and O–H groups in total. The highest BCUT2D eigenvalue weighted by Crippen LogP contribution is 2.33. The largest absolute Gasteiger partial charge is 0.416 e. The van der Waals surface area contributed by atoms with E-state index in [-0.39, 0.29) is 18.7 Å². The Morgan fingerprint density at radius 3 is 2.63 bits per heavy atom. The van der Waals surface area contributed by atoms with E-state index in [1.165, 1.54) is 17.4 Å². The number of alkyl halides is 3. The molecule has 12 heteroatoms. The summed E-state index contributed by atoms with van der Waals surface area (Å²) in [7, 11) is 3.81. The van der Waals surface area contributed by atoms with Crippen molar-refractivity contribution >= 4 is 27.9 Å². The second kappa shape index (κ2) is 11.8. The standard InChI is InChI=1S/C26H29F3N8S/c1-4-36(12-11-30)17-19-6-5-18(13-22(19)26(27,28)29)14-32-25-33-16-21(38-25)8-7-20-15-31-23-9-10-24(35(2)3)34-37(20)23/h5-6,9-10,13,15-16H,4,11-12,14,17,30H2,1-3H3,(H,32,33). The Kier molecular flexibility index (Phi) is 8.51. The maximum absolute atomic E-state index is 13.8. The van der Waals surface area contributed by atoms with Gasteiger partial charge in [-0.25, -0.2) is 14.5 Å². The van der Waals surface area contributed by atoms with E-state index < -0.39 is 11.7 Å². The summed E-state index contributed by atoms with van der Waals surface area (Å²) in [5.74, 6) is 6.92. The molecule has 1 aromatic carbocycles. The average molecular weight is 543 g/mol. The van der Waals surface area contributed by atoms with Gasteiger partial charge in [0.15, 0.2) is 10.8 Å². The minimum atomic E-state index is -4.45. The Hall–Kier alpha value is -3.66. The molecule has 0 fully saturated rings. The maximum Gasteiger partial charge on any atom is 0.416 e. The number of halogens is 3. The number of thiazole rings is 1. The van der Waals surface area contributed by atoms with Gasteiger partial charge in [-0.1, -0.05) is 30.4 Å². The van der Waals surface area contributed by atoms with Crippen molar-refractivity contribution in [3.63, 3.8) is 0 Å². The maximum atomic E-state index is 13.8. The molecule has 0 atom stereocenters. The summed E-state index contributed by atoms with van der Waals surface area (Å²) in [5, 5.41) is 8.21. The molecule has 0 aliphatic rings. The van der Waals surface area contributed by atoms with Gasteiger partial charge in [0.1, 0.15) is 11.5 Å². The van der Waals surface area contributed by atoms with Crippen molar-refractivity contribution in [3.05, 3.63) is 70.0 Å². The molecule has 0 aliphatic heterocycles. The number of nitrogens with zero attached hydrogens (tertiary/aromatic N) is 6. The smallest absolute Gasteiger partial charge is 0.361 e. The Labute approximate surface area is 223 Å². The fourth-order valence-corrected chi connectivity index (χ4v) is 4.48. The predicted molar refractivity (Wildman–Crippen MR) is 144 cm³/mol. The van der Waals surface area contributed by atoms with E-state index in [1.807, 2.05) is 43.0 Å². The van der Waals surface area contributed by atoms with Crippen LogP contribution in [-0.2, 0) is 19.3 Å². The van der Waals surface area contributed by atoms with E-state index in [0.29, 0.717) is 46.5 Å². The van der Waals surface area contributed by atoms with Crippen molar-refractivity contribution in [1.82, 2.24) is 24.5 Å². The highest BCUT2D eigenvalue weighted by Gasteiger charge is 2.33. The van der Waals surface area contributed by atoms with Gasteiger partial charge in [0.05, 0.1) is 22.8 Å². The number of likely N-dealkylation sites (N-methyl/N-ethyl adjacent to an activating group) is 1. The van der Waals surface area contributed by atoms with Gasteiger partial charge < -0.3 is 16.0 Å². The van der Waals surface area contributed by atoms with Gasteiger partial charge in [-0.05, 0) is 47.7 Å². The normalized spacial score (nSPS) is 11.6. The van der Waals surface area contributed by atoms with Crippen LogP contribution in [0.15, 0.2) is 42.7 Å². The lowest BCUT2D eigenvalue weighted by atomic mass is 10.0. The number of hydrogen-bond acceptors (Lipinski definition) is 8. The van der Waals surface area contributed by atoms with E-state index in [9.17, 15) is 13.2 Å². The molecule has 0 saturated heterocycles. The third-order valence-electron chi connectivity index (χ3n) is 5.84. The zero-order valence-corrected chi connectivity index (χ0v) is 22.2. The molecule has 0 saturated carbocycles. The second-order valence-electron chi connectivity index (χ2n) is 8.78. The molecule has 0 unspecified atom stereocenters. The number of nitrogens with two attached hydrogens (primary N) is 1. The van der Waals surface area contributed by atoms with Crippen LogP contribution in [-0.4, -0.2) is 58.2 Å². The van der Waals surface area contributed by atoms with Crippen LogP contribution in [0.1, 0.15) is 34.2 Å². The molecule has 3 aromatic heterocycles. The van der Waals surface area contributed by atoms with Crippen LogP contribution >= 0.6 is 11.3 Å². The van der Waals surface area contributed by atoms with Gasteiger partial charge in [0.2, 0.25) is 0 Å². The third kappa shape index (κ3) is 6.61. The topological polar surface area (TPSA) is 87.6 Å². The molecule has 0 bridgehead atoms. The Bertz CT molecular complexity index is 1450. The summed E-state index contributed by atoms with van der Waals surface area (Å²) in [6.45, 7) is 3.86. The molecule has 8 nitrogen and oxygen atoms in total. The summed E-state index contributed by atoms with van der Waals surface area (Å²) in [4.78, 5) is 13.1. The van der Waals surface area contributed by atoms with E-state index in [4.69, 9.17) is 5.73 Å². The highest BCUT2D eigenvalue weighted by molar-refractivity contribution is 7.16. The fraction of sp³-hybridized carbons (Fsp3) is 0.346. The number of rotatable bonds is 9.